The zero-order valence-corrected chi connectivity index (χ0v) is 70.9. The zero-order valence-electron chi connectivity index (χ0n) is 70.9. The lowest BCUT2D eigenvalue weighted by molar-refractivity contribution is -0.138. The van der Waals surface area contributed by atoms with E-state index in [9.17, 15) is 33.6 Å². The highest BCUT2D eigenvalue weighted by Crippen LogP contribution is 2.22. The molecule has 0 radical (unpaired) electrons. The third kappa shape index (κ3) is 56.4. The summed E-state index contributed by atoms with van der Waals surface area (Å²) in [5.41, 5.74) is 0.935. The second-order valence-electron chi connectivity index (χ2n) is 28.3. The Balaban J connectivity index is 1.21. The number of nitrogens with one attached hydrogen (secondary N) is 5. The number of amides is 6. The van der Waals surface area contributed by atoms with Crippen LogP contribution >= 0.6 is 0 Å². The second-order valence-corrected chi connectivity index (χ2v) is 28.3. The molecule has 0 spiro atoms. The molecule has 664 valence electrons. The van der Waals surface area contributed by atoms with Crippen LogP contribution in [0.1, 0.15) is 168 Å². The largest absolute Gasteiger partial charge is 0.382 e. The molecule has 1 aromatic carbocycles. The highest BCUT2D eigenvalue weighted by atomic mass is 16.6. The Morgan fingerprint density at radius 3 is 1.19 bits per heavy atom. The number of rotatable bonds is 82. The number of piperazine rings is 1. The molecule has 2 heterocycles. The third-order valence-electron chi connectivity index (χ3n) is 19.0. The molecule has 32 heteroatoms. The summed E-state index contributed by atoms with van der Waals surface area (Å²) in [5, 5.41) is 14.9. The Kier molecular flexibility index (Phi) is 67.2. The fourth-order valence-electron chi connectivity index (χ4n) is 12.0. The molecule has 0 aliphatic carbocycles. The second kappa shape index (κ2) is 74.6. The highest BCUT2D eigenvalue weighted by Gasteiger charge is 2.33. The van der Waals surface area contributed by atoms with Crippen molar-refractivity contribution in [3.8, 4) is 0 Å². The molecule has 3 rings (SSSR count). The summed E-state index contributed by atoms with van der Waals surface area (Å²) in [6.45, 7) is 22.3. The van der Waals surface area contributed by atoms with Gasteiger partial charge in [-0.3, -0.25) is 38.1 Å². The number of benzene rings is 1. The lowest BCUT2D eigenvalue weighted by Crippen LogP contribution is -2.58. The Hall–Kier alpha value is -5.66. The number of ether oxygens (including phenoxy) is 16. The molecule has 2 aromatic rings. The predicted molar refractivity (Wildman–Crippen MR) is 440 cm³/mol. The van der Waals surface area contributed by atoms with E-state index >= 15 is 0 Å². The Morgan fingerprint density at radius 1 is 0.426 bits per heavy atom. The maximum absolute atomic E-state index is 14.5. The van der Waals surface area contributed by atoms with E-state index in [0.717, 1.165) is 31.4 Å². The van der Waals surface area contributed by atoms with E-state index in [1.54, 1.807) is 24.1 Å². The molecule has 0 saturated carbocycles. The van der Waals surface area contributed by atoms with E-state index in [0.29, 0.717) is 287 Å². The van der Waals surface area contributed by atoms with Gasteiger partial charge in [-0.25, -0.2) is 4.98 Å². The number of likely N-dealkylation sites (N-methyl/N-ethyl adjacent to an activating group) is 1. The number of anilines is 1. The molecule has 6 amide bonds. The number of fused-ring (bicyclic) bond motifs is 1. The van der Waals surface area contributed by atoms with Gasteiger partial charge in [0.1, 0.15) is 18.6 Å². The van der Waals surface area contributed by atoms with Crippen LogP contribution in [0, 0.1) is 5.92 Å². The van der Waals surface area contributed by atoms with Crippen molar-refractivity contribution in [3.63, 3.8) is 0 Å². The van der Waals surface area contributed by atoms with Crippen LogP contribution in [0.25, 0.3) is 10.9 Å². The highest BCUT2D eigenvalue weighted by molar-refractivity contribution is 5.92. The van der Waals surface area contributed by atoms with Gasteiger partial charge >= 0.3 is 0 Å². The van der Waals surface area contributed by atoms with Gasteiger partial charge in [-0.2, -0.15) is 0 Å². The van der Waals surface area contributed by atoms with Crippen LogP contribution in [0.2, 0.25) is 0 Å². The Morgan fingerprint density at radius 2 is 0.800 bits per heavy atom. The monoisotopic (exact) mass is 1640 g/mol. The van der Waals surface area contributed by atoms with E-state index in [1.807, 2.05) is 19.9 Å². The molecule has 5 N–H and O–H groups in total. The van der Waals surface area contributed by atoms with Gasteiger partial charge in [0.15, 0.2) is 0 Å². The van der Waals surface area contributed by atoms with Crippen molar-refractivity contribution in [2.45, 2.75) is 187 Å². The van der Waals surface area contributed by atoms with Crippen molar-refractivity contribution in [2.75, 3.05) is 263 Å². The summed E-state index contributed by atoms with van der Waals surface area (Å²) in [7, 11) is 3.14. The first-order valence-corrected chi connectivity index (χ1v) is 42.9. The summed E-state index contributed by atoms with van der Waals surface area (Å²) in [6, 6.07) is 3.58. The normalized spacial score (nSPS) is 13.2. The van der Waals surface area contributed by atoms with Crippen LogP contribution in [0.4, 0.5) is 5.69 Å². The van der Waals surface area contributed by atoms with Crippen LogP contribution < -0.4 is 37.0 Å². The molecule has 0 bridgehead atoms. The molecule has 1 saturated heterocycles. The summed E-state index contributed by atoms with van der Waals surface area (Å²) < 4.78 is 89.2. The standard InChI is InChI=1S/C83H149N9O23/c1-6-8-9-10-11-12-13-14-15-16-17-18-20-26-76(93)85-31-23-19-21-27-77(94)86-32-24-22-25-75(83(99)91-35-33-90(34-36-91)72-28-29-74-73(68-72)82(98)92(70-87-74)69-79(96)84-4)88-81(97)80(71(3)7-2)89-78(95)30-37-101-40-41-103-44-45-105-48-49-107-52-53-109-56-57-111-60-61-113-64-65-115-67-66-114-63-62-112-59-58-110-55-54-108-51-50-106-47-46-104-43-42-102-39-38-100-5/h28-29,68,70-71,75,80H,6-27,30-67,69H2,1-5H3,(H,84,96)(H,85,93)(H,86,94)(H,88,97)(H,89,95)/t71-,75-,80-/m0/s1. The number of methoxy groups -OCH3 is 1. The molecular formula is C83H149N9O23. The minimum absolute atomic E-state index is 0.00509. The van der Waals surface area contributed by atoms with Crippen LogP contribution in [-0.2, 0) is 111 Å². The smallest absolute Gasteiger partial charge is 0.261 e. The summed E-state index contributed by atoms with van der Waals surface area (Å²) in [4.78, 5) is 101. The Bertz CT molecular complexity index is 2780. The molecule has 1 aromatic heterocycles. The van der Waals surface area contributed by atoms with E-state index in [1.165, 1.54) is 88.6 Å². The van der Waals surface area contributed by atoms with Crippen LogP contribution in [0.15, 0.2) is 29.3 Å². The van der Waals surface area contributed by atoms with Gasteiger partial charge < -0.3 is 112 Å². The number of aromatic nitrogens is 2. The van der Waals surface area contributed by atoms with Gasteiger partial charge in [0.25, 0.3) is 5.56 Å². The van der Waals surface area contributed by atoms with E-state index in [-0.39, 0.29) is 67.2 Å². The van der Waals surface area contributed by atoms with Crippen molar-refractivity contribution in [1.29, 1.82) is 0 Å². The minimum Gasteiger partial charge on any atom is -0.382 e. The number of nitrogens with zero attached hydrogens (tertiary/aromatic N) is 4. The molecule has 1 fully saturated rings. The number of carbonyl (C=O) groups is 6. The Labute approximate surface area is 685 Å². The number of hydrogen-bond acceptors (Lipinski definition) is 25. The number of carbonyl (C=O) groups excluding carboxylic acids is 6. The molecule has 115 heavy (non-hydrogen) atoms. The first-order valence-electron chi connectivity index (χ1n) is 42.9. The van der Waals surface area contributed by atoms with Crippen LogP contribution in [0.5, 0.6) is 0 Å². The zero-order chi connectivity index (χ0) is 82.8. The van der Waals surface area contributed by atoms with Gasteiger partial charge in [-0.05, 0) is 62.6 Å². The fraction of sp³-hybridized carbons (Fsp3) is 0.831. The first kappa shape index (κ1) is 104. The lowest BCUT2D eigenvalue weighted by atomic mass is 9.97. The molecule has 32 nitrogen and oxygen atoms in total. The average Bonchev–Trinajstić information content (AvgIpc) is 0.791. The molecule has 0 unspecified atom stereocenters. The molecule has 3 atom stereocenters. The van der Waals surface area contributed by atoms with Crippen molar-refractivity contribution in [3.05, 3.63) is 34.9 Å². The van der Waals surface area contributed by atoms with Gasteiger partial charge in [0, 0.05) is 78.4 Å². The number of hydrogen-bond donors (Lipinski definition) is 5. The minimum atomic E-state index is -0.923. The summed E-state index contributed by atoms with van der Waals surface area (Å²) in [5.74, 6) is -1.64. The molecular weight excluding hydrogens is 1490 g/mol. The van der Waals surface area contributed by atoms with Gasteiger partial charge in [-0.1, -0.05) is 111 Å². The van der Waals surface area contributed by atoms with E-state index in [2.05, 4.69) is 43.4 Å². The van der Waals surface area contributed by atoms with Crippen LogP contribution in [0.3, 0.4) is 0 Å². The predicted octanol–water partition coefficient (Wildman–Crippen LogP) is 6.54. The quantitative estimate of drug-likeness (QED) is 0.0439. The maximum atomic E-state index is 14.5. The SMILES string of the molecule is CCCCCCCCCCCCCCCC(=O)NCCCCCC(=O)NCCCC[C@H](NC(=O)[C@@H](NC(=O)CCOCCOCCOCCOCCOCCOCCOCCOCCOCCOCCOCCOCCOCCOCCOCCOC)[C@@H](C)CC)C(=O)N1CCN(c2ccc3ncn(CC(=O)NC)c(=O)c3c2)CC1. The van der Waals surface area contributed by atoms with Crippen LogP contribution in [-0.4, -0.2) is 320 Å². The first-order chi connectivity index (χ1) is 56.4. The van der Waals surface area contributed by atoms with Gasteiger partial charge in [0.2, 0.25) is 35.4 Å². The van der Waals surface area contributed by atoms with E-state index in [4.69, 9.17) is 75.8 Å². The van der Waals surface area contributed by atoms with Crippen molar-refractivity contribution < 1.29 is 105 Å². The number of unbranched alkanes of at least 4 members (excludes halogenated alkanes) is 15. The van der Waals surface area contributed by atoms with Gasteiger partial charge in [-0.15, -0.1) is 0 Å². The molecule has 1 aliphatic rings. The topological polar surface area (TPSA) is 352 Å². The van der Waals surface area contributed by atoms with Crippen molar-refractivity contribution in [2.24, 2.45) is 5.92 Å². The van der Waals surface area contributed by atoms with E-state index < -0.39 is 18.0 Å². The fourth-order valence-corrected chi connectivity index (χ4v) is 12.0. The third-order valence-corrected chi connectivity index (χ3v) is 19.0. The van der Waals surface area contributed by atoms with Gasteiger partial charge in [0.05, 0.1) is 222 Å². The maximum Gasteiger partial charge on any atom is 0.261 e. The summed E-state index contributed by atoms with van der Waals surface area (Å²) >= 11 is 0. The summed E-state index contributed by atoms with van der Waals surface area (Å²) in [6.07, 6.45) is 23.1. The van der Waals surface area contributed by atoms with Crippen molar-refractivity contribution >= 4 is 52.0 Å². The molecule has 1 aliphatic heterocycles. The van der Waals surface area contributed by atoms with Crippen molar-refractivity contribution in [1.82, 2.24) is 41.0 Å². The lowest BCUT2D eigenvalue weighted by Gasteiger charge is -2.38. The average molecular weight is 1640 g/mol.